The van der Waals surface area contributed by atoms with E-state index in [-0.39, 0.29) is 0 Å². The molecule has 2 N–H and O–H groups in total. The van der Waals surface area contributed by atoms with Crippen LogP contribution >= 0.6 is 0 Å². The molecule has 0 fully saturated rings. The van der Waals surface area contributed by atoms with Crippen molar-refractivity contribution < 1.29 is 0 Å². The van der Waals surface area contributed by atoms with Crippen molar-refractivity contribution in [3.8, 4) is 0 Å². The largest absolute Gasteiger partial charge is 0.363 e. The first kappa shape index (κ1) is 12.3. The van der Waals surface area contributed by atoms with Gasteiger partial charge in [0, 0.05) is 32.0 Å². The Balaban J connectivity index is 1.58. The highest BCUT2D eigenvalue weighted by atomic mass is 15.3. The number of aromatic nitrogens is 4. The third-order valence-electron chi connectivity index (χ3n) is 3.86. The quantitative estimate of drug-likeness (QED) is 0.763. The van der Waals surface area contributed by atoms with Crippen molar-refractivity contribution in [2.75, 3.05) is 5.32 Å². The van der Waals surface area contributed by atoms with Crippen molar-refractivity contribution in [2.24, 2.45) is 0 Å². The summed E-state index contributed by atoms with van der Waals surface area (Å²) >= 11 is 0. The lowest BCUT2D eigenvalue weighted by Gasteiger charge is -2.08. The van der Waals surface area contributed by atoms with Crippen molar-refractivity contribution in [3.63, 3.8) is 0 Å². The van der Waals surface area contributed by atoms with Gasteiger partial charge in [-0.3, -0.25) is 4.40 Å². The smallest absolute Gasteiger partial charge is 0.203 e. The molecule has 0 atom stereocenters. The van der Waals surface area contributed by atoms with Crippen LogP contribution in [-0.4, -0.2) is 19.6 Å². The average Bonchev–Trinajstić information content (AvgIpc) is 3.12. The van der Waals surface area contributed by atoms with E-state index in [0.717, 1.165) is 36.9 Å². The minimum atomic E-state index is 0.728. The van der Waals surface area contributed by atoms with Gasteiger partial charge in [-0.1, -0.05) is 18.2 Å². The van der Waals surface area contributed by atoms with Crippen molar-refractivity contribution in [3.05, 3.63) is 53.1 Å². The number of nitrogens with zero attached hydrogens (tertiary/aromatic N) is 4. The lowest BCUT2D eigenvalue weighted by Crippen LogP contribution is -2.04. The molecule has 0 amide bonds. The SMILES string of the molecule is Cc1nnc2c(NCc3ccc4c(c3)CNC4)nccn12. The van der Waals surface area contributed by atoms with E-state index in [0.29, 0.717) is 0 Å². The zero-order valence-electron chi connectivity index (χ0n) is 11.8. The number of aryl methyl sites for hydroxylation is 1. The van der Waals surface area contributed by atoms with Crippen LogP contribution in [0.3, 0.4) is 0 Å². The Hall–Kier alpha value is -2.47. The Morgan fingerprint density at radius 2 is 2.14 bits per heavy atom. The number of nitrogens with one attached hydrogen (secondary N) is 2. The van der Waals surface area contributed by atoms with E-state index in [1.54, 1.807) is 6.20 Å². The molecule has 6 nitrogen and oxygen atoms in total. The van der Waals surface area contributed by atoms with Gasteiger partial charge in [0.2, 0.25) is 5.65 Å². The second-order valence-electron chi connectivity index (χ2n) is 5.28. The van der Waals surface area contributed by atoms with E-state index in [4.69, 9.17) is 0 Å². The first-order chi connectivity index (χ1) is 10.3. The van der Waals surface area contributed by atoms with Crippen LogP contribution in [0.25, 0.3) is 5.65 Å². The summed E-state index contributed by atoms with van der Waals surface area (Å²) in [7, 11) is 0. The van der Waals surface area contributed by atoms with Crippen molar-refractivity contribution in [1.29, 1.82) is 0 Å². The lowest BCUT2D eigenvalue weighted by molar-refractivity contribution is 0.764. The molecule has 2 aromatic heterocycles. The van der Waals surface area contributed by atoms with E-state index in [1.165, 1.54) is 16.7 Å². The molecule has 21 heavy (non-hydrogen) atoms. The zero-order valence-corrected chi connectivity index (χ0v) is 11.8. The van der Waals surface area contributed by atoms with Gasteiger partial charge in [-0.25, -0.2) is 4.98 Å². The summed E-state index contributed by atoms with van der Waals surface area (Å²) in [6, 6.07) is 6.60. The Labute approximate surface area is 122 Å². The summed E-state index contributed by atoms with van der Waals surface area (Å²) in [6.07, 6.45) is 3.63. The van der Waals surface area contributed by atoms with Crippen LogP contribution < -0.4 is 10.6 Å². The van der Waals surface area contributed by atoms with Crippen LogP contribution in [-0.2, 0) is 19.6 Å². The highest BCUT2D eigenvalue weighted by Crippen LogP contribution is 2.18. The van der Waals surface area contributed by atoms with Gasteiger partial charge in [0.05, 0.1) is 0 Å². The molecule has 6 heteroatoms. The van der Waals surface area contributed by atoms with E-state index < -0.39 is 0 Å². The van der Waals surface area contributed by atoms with Gasteiger partial charge in [-0.2, -0.15) is 0 Å². The van der Waals surface area contributed by atoms with Gasteiger partial charge in [0.1, 0.15) is 5.82 Å². The first-order valence-electron chi connectivity index (χ1n) is 7.03. The molecule has 1 aliphatic rings. The maximum Gasteiger partial charge on any atom is 0.203 e. The third-order valence-corrected chi connectivity index (χ3v) is 3.86. The predicted octanol–water partition coefficient (Wildman–Crippen LogP) is 1.65. The van der Waals surface area contributed by atoms with Crippen LogP contribution in [0.1, 0.15) is 22.5 Å². The molecular formula is C15H16N6. The van der Waals surface area contributed by atoms with E-state index in [2.05, 4.69) is 44.0 Å². The van der Waals surface area contributed by atoms with Gasteiger partial charge in [-0.05, 0) is 23.6 Å². The molecule has 0 radical (unpaired) electrons. The van der Waals surface area contributed by atoms with E-state index in [9.17, 15) is 0 Å². The highest BCUT2D eigenvalue weighted by molar-refractivity contribution is 5.62. The molecule has 0 bridgehead atoms. The molecule has 0 saturated heterocycles. The molecule has 3 heterocycles. The molecule has 4 rings (SSSR count). The van der Waals surface area contributed by atoms with Crippen molar-refractivity contribution in [2.45, 2.75) is 26.6 Å². The molecule has 0 saturated carbocycles. The van der Waals surface area contributed by atoms with E-state index in [1.807, 2.05) is 17.5 Å². The summed E-state index contributed by atoms with van der Waals surface area (Å²) in [4.78, 5) is 4.36. The minimum Gasteiger partial charge on any atom is -0.363 e. The second kappa shape index (κ2) is 4.82. The maximum atomic E-state index is 4.36. The van der Waals surface area contributed by atoms with E-state index >= 15 is 0 Å². The fourth-order valence-electron chi connectivity index (χ4n) is 2.71. The Kier molecular flexibility index (Phi) is 2.82. The fourth-order valence-corrected chi connectivity index (χ4v) is 2.71. The number of benzene rings is 1. The Morgan fingerprint density at radius 3 is 3.10 bits per heavy atom. The molecule has 1 aromatic carbocycles. The lowest BCUT2D eigenvalue weighted by atomic mass is 10.1. The number of hydrogen-bond acceptors (Lipinski definition) is 5. The number of rotatable bonds is 3. The molecule has 1 aliphatic heterocycles. The van der Waals surface area contributed by atoms with Crippen molar-refractivity contribution >= 4 is 11.5 Å². The molecule has 0 unspecified atom stereocenters. The standard InChI is InChI=1S/C15H16N6/c1-10-19-20-15-14(17-4-5-21(10)15)18-7-11-2-3-12-8-16-9-13(12)6-11/h2-6,16H,7-9H2,1H3,(H,17,18). The monoisotopic (exact) mass is 280 g/mol. The van der Waals surface area contributed by atoms with Crippen LogP contribution in [0.2, 0.25) is 0 Å². The van der Waals surface area contributed by atoms with Crippen LogP contribution in [0.15, 0.2) is 30.6 Å². The van der Waals surface area contributed by atoms with Gasteiger partial charge < -0.3 is 10.6 Å². The fraction of sp³-hybridized carbons (Fsp3) is 0.267. The minimum absolute atomic E-state index is 0.728. The van der Waals surface area contributed by atoms with Gasteiger partial charge in [0.15, 0.2) is 5.82 Å². The normalized spacial score (nSPS) is 13.6. The highest BCUT2D eigenvalue weighted by Gasteiger charge is 2.11. The topological polar surface area (TPSA) is 67.1 Å². The molecular weight excluding hydrogens is 264 g/mol. The predicted molar refractivity (Wildman–Crippen MR) is 79.8 cm³/mol. The maximum absolute atomic E-state index is 4.36. The molecule has 106 valence electrons. The summed E-state index contributed by atoms with van der Waals surface area (Å²) < 4.78 is 1.93. The first-order valence-corrected chi connectivity index (χ1v) is 7.03. The third kappa shape index (κ3) is 2.13. The number of fused-ring (bicyclic) bond motifs is 2. The number of hydrogen-bond donors (Lipinski definition) is 2. The van der Waals surface area contributed by atoms with Crippen LogP contribution in [0.5, 0.6) is 0 Å². The molecule has 3 aromatic rings. The van der Waals surface area contributed by atoms with Gasteiger partial charge in [-0.15, -0.1) is 10.2 Å². The molecule has 0 aliphatic carbocycles. The second-order valence-corrected chi connectivity index (χ2v) is 5.28. The van der Waals surface area contributed by atoms with Gasteiger partial charge >= 0.3 is 0 Å². The van der Waals surface area contributed by atoms with Gasteiger partial charge in [0.25, 0.3) is 0 Å². The van der Waals surface area contributed by atoms with Crippen LogP contribution in [0, 0.1) is 6.92 Å². The number of anilines is 1. The summed E-state index contributed by atoms with van der Waals surface area (Å²) in [6.45, 7) is 4.59. The summed E-state index contributed by atoms with van der Waals surface area (Å²) in [5.41, 5.74) is 4.79. The Morgan fingerprint density at radius 1 is 1.24 bits per heavy atom. The molecule has 0 spiro atoms. The van der Waals surface area contributed by atoms with Crippen LogP contribution in [0.4, 0.5) is 5.82 Å². The van der Waals surface area contributed by atoms with Crippen molar-refractivity contribution in [1.82, 2.24) is 24.9 Å². The Bertz CT molecular complexity index is 807. The average molecular weight is 280 g/mol. The summed E-state index contributed by atoms with van der Waals surface area (Å²) in [5.74, 6) is 1.62. The zero-order chi connectivity index (χ0) is 14.2. The summed E-state index contributed by atoms with van der Waals surface area (Å²) in [5, 5.41) is 15.0.